The molecule has 0 bridgehead atoms. The maximum Gasteiger partial charge on any atom is 0.229 e. The smallest absolute Gasteiger partial charge is 0.229 e. The third kappa shape index (κ3) is 2.34. The van der Waals surface area contributed by atoms with Gasteiger partial charge in [0.2, 0.25) is 10.7 Å². The zero-order chi connectivity index (χ0) is 12.3. The summed E-state index contributed by atoms with van der Waals surface area (Å²) in [4.78, 5) is 6.51. The molecule has 0 radical (unpaired) electrons. The molecule has 0 unspecified atom stereocenters. The van der Waals surface area contributed by atoms with E-state index in [2.05, 4.69) is 43.0 Å². The molecule has 2 heterocycles. The van der Waals surface area contributed by atoms with Crippen LogP contribution in [-0.2, 0) is 6.54 Å². The summed E-state index contributed by atoms with van der Waals surface area (Å²) in [7, 11) is 0. The monoisotopic (exact) mass is 294 g/mol. The molecule has 1 aliphatic rings. The number of hydrogen-bond acceptors (Lipinski definition) is 3. The fourth-order valence-electron chi connectivity index (χ4n) is 1.80. The number of rotatable bonds is 1. The third-order valence-corrected chi connectivity index (χ3v) is 2.81. The van der Waals surface area contributed by atoms with Crippen molar-refractivity contribution < 1.29 is 0 Å². The van der Waals surface area contributed by atoms with E-state index in [1.807, 2.05) is 36.7 Å². The highest BCUT2D eigenvalue weighted by molar-refractivity contribution is 9.10. The van der Waals surface area contributed by atoms with Crippen LogP contribution in [0, 0.1) is 0 Å². The number of fused-ring (bicyclic) bond motifs is 1. The third-order valence-electron chi connectivity index (χ3n) is 2.47. The predicted octanol–water partition coefficient (Wildman–Crippen LogP) is 3.22. The van der Waals surface area contributed by atoms with Gasteiger partial charge in [-0.2, -0.15) is 4.98 Å². The number of halogens is 1. The van der Waals surface area contributed by atoms with Gasteiger partial charge >= 0.3 is 0 Å². The molecule has 0 N–H and O–H groups in total. The van der Waals surface area contributed by atoms with E-state index in [0.29, 0.717) is 4.73 Å². The van der Waals surface area contributed by atoms with E-state index in [1.54, 1.807) is 0 Å². The lowest BCUT2D eigenvalue weighted by Gasteiger charge is -2.14. The molecule has 0 saturated carbocycles. The zero-order valence-corrected chi connectivity index (χ0v) is 11.6. The van der Waals surface area contributed by atoms with Crippen molar-refractivity contribution in [3.8, 4) is 0 Å². The molecule has 0 amide bonds. The minimum absolute atomic E-state index is 0.651. The molecular formula is C12H15BrN4. The van der Waals surface area contributed by atoms with Crippen molar-refractivity contribution in [2.45, 2.75) is 20.4 Å². The first kappa shape index (κ1) is 12.1. The molecule has 0 spiro atoms. The summed E-state index contributed by atoms with van der Waals surface area (Å²) in [5.41, 5.74) is 1.16. The highest BCUT2D eigenvalue weighted by Crippen LogP contribution is 2.28. The van der Waals surface area contributed by atoms with Gasteiger partial charge in [-0.25, -0.2) is 4.68 Å². The molecule has 1 aromatic heterocycles. The van der Waals surface area contributed by atoms with E-state index in [1.165, 1.54) is 0 Å². The maximum absolute atomic E-state index is 4.34. The molecule has 5 heteroatoms. The van der Waals surface area contributed by atoms with Crippen molar-refractivity contribution in [1.29, 1.82) is 0 Å². The van der Waals surface area contributed by atoms with Crippen LogP contribution in [0.4, 0.5) is 11.6 Å². The van der Waals surface area contributed by atoms with Gasteiger partial charge in [-0.3, -0.25) is 0 Å². The highest BCUT2D eigenvalue weighted by atomic mass is 79.9. The van der Waals surface area contributed by atoms with Crippen LogP contribution < -0.4 is 4.90 Å². The first-order chi connectivity index (χ1) is 8.34. The van der Waals surface area contributed by atoms with Gasteiger partial charge in [0.25, 0.3) is 0 Å². The van der Waals surface area contributed by atoms with E-state index in [9.17, 15) is 0 Å². The Morgan fingerprint density at radius 3 is 2.53 bits per heavy atom. The molecule has 17 heavy (non-hydrogen) atoms. The Bertz CT molecular complexity index is 481. The zero-order valence-electron chi connectivity index (χ0n) is 9.97. The van der Waals surface area contributed by atoms with Crippen LogP contribution in [0.3, 0.4) is 0 Å². The van der Waals surface area contributed by atoms with Crippen LogP contribution in [0.2, 0.25) is 0 Å². The summed E-state index contributed by atoms with van der Waals surface area (Å²) in [6, 6.07) is 10.2. The number of hydrogen-bond donors (Lipinski definition) is 0. The molecule has 0 saturated heterocycles. The van der Waals surface area contributed by atoms with E-state index < -0.39 is 0 Å². The maximum atomic E-state index is 4.34. The van der Waals surface area contributed by atoms with Gasteiger partial charge in [-0.1, -0.05) is 32.0 Å². The first-order valence-corrected chi connectivity index (χ1v) is 6.57. The number of aromatic nitrogens is 3. The molecule has 90 valence electrons. The van der Waals surface area contributed by atoms with Crippen molar-refractivity contribution in [1.82, 2.24) is 14.8 Å². The van der Waals surface area contributed by atoms with Crippen LogP contribution in [0.15, 0.2) is 35.1 Å². The second-order valence-corrected chi connectivity index (χ2v) is 4.10. The lowest BCUT2D eigenvalue weighted by molar-refractivity contribution is 0.687. The van der Waals surface area contributed by atoms with Gasteiger partial charge in [0.15, 0.2) is 0 Å². The van der Waals surface area contributed by atoms with Gasteiger partial charge in [0.05, 0.1) is 6.54 Å². The molecule has 3 rings (SSSR count). The SMILES string of the molecule is Brc1nc2n(n1)CCN2c1ccccc1.CC. The minimum atomic E-state index is 0.651. The van der Waals surface area contributed by atoms with Crippen molar-refractivity contribution in [3.05, 3.63) is 35.1 Å². The van der Waals surface area contributed by atoms with Gasteiger partial charge in [0, 0.05) is 12.2 Å². The van der Waals surface area contributed by atoms with Crippen LogP contribution in [0.1, 0.15) is 13.8 Å². The summed E-state index contributed by atoms with van der Waals surface area (Å²) in [6.07, 6.45) is 0. The Kier molecular flexibility index (Phi) is 3.78. The lowest BCUT2D eigenvalue weighted by Crippen LogP contribution is -2.13. The lowest BCUT2D eigenvalue weighted by atomic mass is 10.3. The number of anilines is 2. The molecule has 0 atom stereocenters. The van der Waals surface area contributed by atoms with Gasteiger partial charge in [-0.05, 0) is 28.1 Å². The average Bonchev–Trinajstić information content (AvgIpc) is 2.91. The molecule has 2 aromatic rings. The minimum Gasteiger partial charge on any atom is -0.309 e. The Morgan fingerprint density at radius 2 is 1.82 bits per heavy atom. The quantitative estimate of drug-likeness (QED) is 0.810. The topological polar surface area (TPSA) is 34.0 Å². The second-order valence-electron chi connectivity index (χ2n) is 3.39. The summed E-state index contributed by atoms with van der Waals surface area (Å²) in [6.45, 7) is 5.83. The standard InChI is InChI=1S/C10H9BrN4.C2H6/c11-9-12-10-14(6-7-15(10)13-9)8-4-2-1-3-5-8;1-2/h1-5H,6-7H2;1-2H3. The summed E-state index contributed by atoms with van der Waals surface area (Å²) >= 11 is 3.29. The molecule has 4 nitrogen and oxygen atoms in total. The number of nitrogens with zero attached hydrogens (tertiary/aromatic N) is 4. The van der Waals surface area contributed by atoms with Crippen molar-refractivity contribution in [2.75, 3.05) is 11.4 Å². The first-order valence-electron chi connectivity index (χ1n) is 5.77. The van der Waals surface area contributed by atoms with Crippen molar-refractivity contribution in [2.24, 2.45) is 0 Å². The Hall–Kier alpha value is -1.36. The van der Waals surface area contributed by atoms with Gasteiger partial charge in [-0.15, -0.1) is 5.10 Å². The molecule has 0 aliphatic carbocycles. The van der Waals surface area contributed by atoms with E-state index in [-0.39, 0.29) is 0 Å². The van der Waals surface area contributed by atoms with Crippen LogP contribution in [-0.4, -0.2) is 21.3 Å². The second kappa shape index (κ2) is 5.31. The summed E-state index contributed by atoms with van der Waals surface area (Å²) < 4.78 is 2.56. The van der Waals surface area contributed by atoms with E-state index in [4.69, 9.17) is 0 Å². The van der Waals surface area contributed by atoms with E-state index >= 15 is 0 Å². The van der Waals surface area contributed by atoms with E-state index in [0.717, 1.165) is 24.7 Å². The molecule has 1 aliphatic heterocycles. The highest BCUT2D eigenvalue weighted by Gasteiger charge is 2.23. The Balaban J connectivity index is 0.000000514. The fourth-order valence-corrected chi connectivity index (χ4v) is 2.15. The summed E-state index contributed by atoms with van der Waals surface area (Å²) in [5, 5.41) is 4.25. The van der Waals surface area contributed by atoms with Crippen molar-refractivity contribution >= 4 is 27.6 Å². The number of para-hydroxylation sites is 1. The molecular weight excluding hydrogens is 280 g/mol. The average molecular weight is 295 g/mol. The van der Waals surface area contributed by atoms with Crippen LogP contribution in [0.25, 0.3) is 0 Å². The van der Waals surface area contributed by atoms with Gasteiger partial charge in [0.1, 0.15) is 0 Å². The molecule has 0 fully saturated rings. The van der Waals surface area contributed by atoms with Crippen LogP contribution in [0.5, 0.6) is 0 Å². The summed E-state index contributed by atoms with van der Waals surface area (Å²) in [5.74, 6) is 0.910. The molecule has 1 aromatic carbocycles. The normalized spacial score (nSPS) is 13.0. The number of benzene rings is 1. The predicted molar refractivity (Wildman–Crippen MR) is 72.5 cm³/mol. The van der Waals surface area contributed by atoms with Crippen LogP contribution >= 0.6 is 15.9 Å². The fraction of sp³-hybridized carbons (Fsp3) is 0.333. The van der Waals surface area contributed by atoms with Gasteiger partial charge < -0.3 is 4.90 Å². The van der Waals surface area contributed by atoms with Crippen molar-refractivity contribution in [3.63, 3.8) is 0 Å². The largest absolute Gasteiger partial charge is 0.309 e. The Morgan fingerprint density at radius 1 is 1.12 bits per heavy atom. The Labute approximate surface area is 109 Å².